The largest absolute Gasteiger partial charge is 0.398 e. The molecule has 1 aromatic carbocycles. The molecular formula is C8H7IN2O3. The van der Waals surface area contributed by atoms with Gasteiger partial charge < -0.3 is 5.73 Å². The average Bonchev–Trinajstić information content (AvgIpc) is 2.01. The lowest BCUT2D eigenvalue weighted by Crippen LogP contribution is -2.05. The highest BCUT2D eigenvalue weighted by molar-refractivity contribution is 14.1. The lowest BCUT2D eigenvalue weighted by Gasteiger charge is -2.03. The zero-order valence-corrected chi connectivity index (χ0v) is 9.44. The number of carbonyl (C=O) groups is 1. The van der Waals surface area contributed by atoms with Gasteiger partial charge in [-0.15, -0.1) is 0 Å². The van der Waals surface area contributed by atoms with Crippen molar-refractivity contribution in [2.75, 3.05) is 5.73 Å². The van der Waals surface area contributed by atoms with E-state index in [9.17, 15) is 14.9 Å². The molecule has 0 aliphatic carbocycles. The molecule has 74 valence electrons. The van der Waals surface area contributed by atoms with Crippen molar-refractivity contribution >= 4 is 39.7 Å². The van der Waals surface area contributed by atoms with Crippen LogP contribution >= 0.6 is 22.6 Å². The minimum Gasteiger partial charge on any atom is -0.398 e. The summed E-state index contributed by atoms with van der Waals surface area (Å²) in [6, 6.07) is 2.86. The van der Waals surface area contributed by atoms with Gasteiger partial charge in [0.1, 0.15) is 5.56 Å². The van der Waals surface area contributed by atoms with Crippen LogP contribution in [0.3, 0.4) is 0 Å². The minimum absolute atomic E-state index is 0.0181. The fourth-order valence-corrected chi connectivity index (χ4v) is 1.77. The quantitative estimate of drug-likeness (QED) is 0.298. The molecule has 5 nitrogen and oxygen atoms in total. The van der Waals surface area contributed by atoms with E-state index in [1.165, 1.54) is 19.1 Å². The van der Waals surface area contributed by atoms with Gasteiger partial charge in [0.25, 0.3) is 5.69 Å². The molecule has 14 heavy (non-hydrogen) atoms. The number of carbonyl (C=O) groups excluding carboxylic acids is 1. The van der Waals surface area contributed by atoms with E-state index in [-0.39, 0.29) is 16.9 Å². The van der Waals surface area contributed by atoms with E-state index >= 15 is 0 Å². The van der Waals surface area contributed by atoms with Gasteiger partial charge in [0.2, 0.25) is 0 Å². The van der Waals surface area contributed by atoms with Crippen molar-refractivity contribution in [2.24, 2.45) is 0 Å². The van der Waals surface area contributed by atoms with Crippen LogP contribution < -0.4 is 5.73 Å². The molecule has 0 unspecified atom stereocenters. The van der Waals surface area contributed by atoms with E-state index in [0.29, 0.717) is 3.57 Å². The predicted octanol–water partition coefficient (Wildman–Crippen LogP) is 1.98. The Kier molecular flexibility index (Phi) is 3.04. The summed E-state index contributed by atoms with van der Waals surface area (Å²) in [5, 5.41) is 10.6. The van der Waals surface area contributed by atoms with Crippen LogP contribution in [0.25, 0.3) is 0 Å². The van der Waals surface area contributed by atoms with Gasteiger partial charge in [-0.3, -0.25) is 14.9 Å². The summed E-state index contributed by atoms with van der Waals surface area (Å²) >= 11 is 1.91. The van der Waals surface area contributed by atoms with Crippen LogP contribution in [-0.2, 0) is 0 Å². The maximum absolute atomic E-state index is 11.1. The lowest BCUT2D eigenvalue weighted by atomic mass is 10.1. The zero-order valence-electron chi connectivity index (χ0n) is 7.28. The standard InChI is InChI=1S/C8H7IN2O3/c1-4(12)8-6(10)2-5(9)3-7(8)11(13)14/h2-3H,10H2,1H3. The van der Waals surface area contributed by atoms with Crippen LogP contribution in [0.1, 0.15) is 17.3 Å². The summed E-state index contributed by atoms with van der Waals surface area (Å²) in [6.07, 6.45) is 0. The van der Waals surface area contributed by atoms with E-state index in [1.807, 2.05) is 22.6 Å². The van der Waals surface area contributed by atoms with Gasteiger partial charge in [-0.05, 0) is 35.6 Å². The number of halogens is 1. The Balaban J connectivity index is 3.52. The molecule has 0 spiro atoms. The summed E-state index contributed by atoms with van der Waals surface area (Å²) in [5.41, 5.74) is 5.43. The first-order chi connectivity index (χ1) is 6.43. The summed E-state index contributed by atoms with van der Waals surface area (Å²) in [4.78, 5) is 21.1. The number of benzene rings is 1. The number of nitrogens with zero attached hydrogens (tertiary/aromatic N) is 1. The molecular weight excluding hydrogens is 299 g/mol. The summed E-state index contributed by atoms with van der Waals surface area (Å²) in [7, 11) is 0. The lowest BCUT2D eigenvalue weighted by molar-refractivity contribution is -0.385. The van der Waals surface area contributed by atoms with Gasteiger partial charge in [0, 0.05) is 9.64 Å². The Morgan fingerprint density at radius 3 is 2.57 bits per heavy atom. The van der Waals surface area contributed by atoms with Crippen molar-refractivity contribution in [2.45, 2.75) is 6.92 Å². The zero-order chi connectivity index (χ0) is 10.9. The number of nitro benzene ring substituents is 1. The van der Waals surface area contributed by atoms with Crippen molar-refractivity contribution in [1.29, 1.82) is 0 Å². The molecule has 1 aromatic rings. The molecule has 0 bridgehead atoms. The summed E-state index contributed by atoms with van der Waals surface area (Å²) in [6.45, 7) is 1.26. The van der Waals surface area contributed by atoms with E-state index < -0.39 is 10.7 Å². The normalized spacial score (nSPS) is 9.86. The third kappa shape index (κ3) is 2.00. The number of nitro groups is 1. The molecule has 0 aromatic heterocycles. The Hall–Kier alpha value is -1.18. The topological polar surface area (TPSA) is 86.2 Å². The number of nitrogen functional groups attached to an aromatic ring is 1. The first-order valence-electron chi connectivity index (χ1n) is 3.68. The molecule has 0 fully saturated rings. The Bertz CT molecular complexity index is 417. The molecule has 6 heteroatoms. The third-order valence-electron chi connectivity index (χ3n) is 1.66. The highest BCUT2D eigenvalue weighted by atomic mass is 127. The van der Waals surface area contributed by atoms with Gasteiger partial charge >= 0.3 is 0 Å². The Labute approximate surface area is 93.6 Å². The van der Waals surface area contributed by atoms with E-state index in [4.69, 9.17) is 5.73 Å². The summed E-state index contributed by atoms with van der Waals surface area (Å²) < 4.78 is 0.636. The van der Waals surface area contributed by atoms with E-state index in [2.05, 4.69) is 0 Å². The molecule has 0 aliphatic rings. The van der Waals surface area contributed by atoms with Crippen molar-refractivity contribution in [1.82, 2.24) is 0 Å². The smallest absolute Gasteiger partial charge is 0.283 e. The van der Waals surface area contributed by atoms with Gasteiger partial charge in [-0.25, -0.2) is 0 Å². The molecule has 1 rings (SSSR count). The van der Waals surface area contributed by atoms with Gasteiger partial charge in [-0.2, -0.15) is 0 Å². The van der Waals surface area contributed by atoms with Crippen molar-refractivity contribution in [3.63, 3.8) is 0 Å². The molecule has 2 N–H and O–H groups in total. The number of anilines is 1. The monoisotopic (exact) mass is 306 g/mol. The van der Waals surface area contributed by atoms with Crippen LogP contribution in [0, 0.1) is 13.7 Å². The minimum atomic E-state index is -0.602. The molecule has 0 atom stereocenters. The maximum atomic E-state index is 11.1. The number of nitrogens with two attached hydrogens (primary N) is 1. The number of rotatable bonds is 2. The number of ketones is 1. The molecule has 0 aliphatic heterocycles. The Morgan fingerprint density at radius 2 is 2.14 bits per heavy atom. The van der Waals surface area contributed by atoms with Crippen molar-refractivity contribution in [3.8, 4) is 0 Å². The number of hydrogen-bond acceptors (Lipinski definition) is 4. The molecule has 0 heterocycles. The van der Waals surface area contributed by atoms with Gasteiger partial charge in [0.15, 0.2) is 5.78 Å². The van der Waals surface area contributed by atoms with Crippen LogP contribution in [0.5, 0.6) is 0 Å². The fourth-order valence-electron chi connectivity index (χ4n) is 1.14. The Morgan fingerprint density at radius 1 is 1.57 bits per heavy atom. The molecule has 0 saturated carbocycles. The second kappa shape index (κ2) is 3.91. The highest BCUT2D eigenvalue weighted by Gasteiger charge is 2.20. The highest BCUT2D eigenvalue weighted by Crippen LogP contribution is 2.27. The first kappa shape index (κ1) is 10.9. The van der Waals surface area contributed by atoms with Crippen LogP contribution in [0.4, 0.5) is 11.4 Å². The molecule has 0 saturated heterocycles. The van der Waals surface area contributed by atoms with Crippen molar-refractivity contribution < 1.29 is 9.72 Å². The third-order valence-corrected chi connectivity index (χ3v) is 2.28. The average molecular weight is 306 g/mol. The summed E-state index contributed by atoms with van der Waals surface area (Å²) in [5.74, 6) is -0.398. The SMILES string of the molecule is CC(=O)c1c(N)cc(I)cc1[N+](=O)[O-]. The number of hydrogen-bond donors (Lipinski definition) is 1. The fraction of sp³-hybridized carbons (Fsp3) is 0.125. The first-order valence-corrected chi connectivity index (χ1v) is 4.75. The van der Waals surface area contributed by atoms with Crippen molar-refractivity contribution in [3.05, 3.63) is 31.4 Å². The second-order valence-electron chi connectivity index (χ2n) is 2.70. The van der Waals surface area contributed by atoms with Gasteiger partial charge in [-0.1, -0.05) is 0 Å². The van der Waals surface area contributed by atoms with E-state index in [1.54, 1.807) is 0 Å². The van der Waals surface area contributed by atoms with Crippen LogP contribution in [0.15, 0.2) is 12.1 Å². The van der Waals surface area contributed by atoms with E-state index in [0.717, 1.165) is 0 Å². The van der Waals surface area contributed by atoms with Crippen LogP contribution in [0.2, 0.25) is 0 Å². The van der Waals surface area contributed by atoms with Gasteiger partial charge in [0.05, 0.1) is 10.6 Å². The maximum Gasteiger partial charge on any atom is 0.283 e. The van der Waals surface area contributed by atoms with Crippen LogP contribution in [-0.4, -0.2) is 10.7 Å². The predicted molar refractivity (Wildman–Crippen MR) is 60.2 cm³/mol. The second-order valence-corrected chi connectivity index (χ2v) is 3.95. The number of Topliss-reactive ketones (excluding diaryl/α,β-unsaturated/α-hetero) is 1. The molecule has 0 amide bonds. The molecule has 0 radical (unpaired) electrons.